The van der Waals surface area contributed by atoms with Crippen LogP contribution in [0, 0.1) is 0 Å². The van der Waals surface area contributed by atoms with E-state index in [1.54, 1.807) is 0 Å². The van der Waals surface area contributed by atoms with Crippen LogP contribution >= 0.6 is 0 Å². The van der Waals surface area contributed by atoms with E-state index in [1.165, 1.54) is 6.92 Å². The van der Waals surface area contributed by atoms with Gasteiger partial charge in [0.2, 0.25) is 0 Å². The molecular weight excluding hydrogens is 1330 g/mol. The molecule has 550 valence electrons. The van der Waals surface area contributed by atoms with Crippen molar-refractivity contribution < 1.29 is 80.6 Å². The Morgan fingerprint density at radius 2 is 0.543 bits per heavy atom. The van der Waals surface area contributed by atoms with Gasteiger partial charge in [0.1, 0.15) is 67.1 Å². The molecule has 0 spiro atoms. The highest BCUT2D eigenvalue weighted by molar-refractivity contribution is 5.66. The summed E-state index contributed by atoms with van der Waals surface area (Å²) in [5.74, 6) is -0.631. The number of unbranched alkanes of at least 4 members (excludes halogenated alkanes) is 1. The molecule has 17 heteroatoms. The normalized spacial score (nSPS) is 24.6. The van der Waals surface area contributed by atoms with E-state index in [2.05, 4.69) is 6.58 Å². The number of allylic oxidation sites excluding steroid dienone is 1. The van der Waals surface area contributed by atoms with Crippen LogP contribution in [-0.2, 0) is 140 Å². The van der Waals surface area contributed by atoms with Crippen LogP contribution in [0.4, 0.5) is 0 Å². The van der Waals surface area contributed by atoms with E-state index in [9.17, 15) is 4.79 Å². The molecular formula is C88H96O17. The van der Waals surface area contributed by atoms with Crippen molar-refractivity contribution in [1.82, 2.24) is 0 Å². The van der Waals surface area contributed by atoms with E-state index in [4.69, 9.17) is 75.8 Å². The monoisotopic (exact) mass is 1420 g/mol. The van der Waals surface area contributed by atoms with Gasteiger partial charge in [-0.1, -0.05) is 279 Å². The molecule has 0 bridgehead atoms. The molecule has 3 aliphatic rings. The summed E-state index contributed by atoms with van der Waals surface area (Å²) in [5, 5.41) is 0. The number of carbonyl (C=O) groups excluding carboxylic acids is 1. The zero-order valence-corrected chi connectivity index (χ0v) is 59.5. The SMILES string of the molecule is C=CCCCO[C@@H]1OC(COCc2ccccc2)[C@H](OCc2ccccc2)[C@H](OCc2ccccc2)C1O[C@@H]1OC(COCc2ccccc2)[C@H](OCc2ccccc2)[C@H](OCc2ccccc2)C1O[C@@H]1OC(COCc2ccccc2)[C@H](OCc2ccccc2)[C@H](OCc2ccccc2)C1OC(C)=O. The van der Waals surface area contributed by atoms with Crippen molar-refractivity contribution in [1.29, 1.82) is 0 Å². The third-order valence-electron chi connectivity index (χ3n) is 18.4. The second kappa shape index (κ2) is 41.5. The standard InChI is InChI=1S/C88H96O17/c1-3-4-32-51-93-86-83(80(97-58-71-45-26-11-27-46-71)77(94-55-68-39-20-8-21-40-68)74(101-86)61-90-52-65-33-14-5-15-34-65)104-88-85(82(99-60-73-49-30-13-31-50-73)79(96-57-70-43-24-10-25-44-70)76(103-88)63-92-54-67-37-18-7-19-38-67)105-87-84(100-64(2)89)81(98-59-72-47-28-12-29-48-72)78(95-56-69-41-22-9-23-42-69)75(102-87)62-91-53-66-35-16-6-17-36-66/h3,5-31,33-50,74-88H,1,4,32,51-63H2,2H3/t74?,75?,76?,77-,78-,79-,80-,81-,82-,83?,84?,85?,86+,87-,88-/m0/s1. The number of benzene rings is 9. The lowest BCUT2D eigenvalue weighted by molar-refractivity contribution is -0.404. The van der Waals surface area contributed by atoms with Crippen molar-refractivity contribution in [3.63, 3.8) is 0 Å². The predicted octanol–water partition coefficient (Wildman–Crippen LogP) is 15.0. The number of carbonyl (C=O) groups is 1. The van der Waals surface area contributed by atoms with Crippen LogP contribution in [0.1, 0.15) is 69.8 Å². The maximum atomic E-state index is 14.1. The number of rotatable bonds is 40. The number of hydrogen-bond acceptors (Lipinski definition) is 17. The average molecular weight is 1430 g/mol. The first-order valence-electron chi connectivity index (χ1n) is 36.3. The minimum absolute atomic E-state index is 0.0149. The minimum atomic E-state index is -1.49. The summed E-state index contributed by atoms with van der Waals surface area (Å²) in [6.45, 7) is 7.15. The van der Waals surface area contributed by atoms with Crippen molar-refractivity contribution in [3.05, 3.63) is 336 Å². The van der Waals surface area contributed by atoms with Gasteiger partial charge in [0.15, 0.2) is 25.0 Å². The summed E-state index contributed by atoms with van der Waals surface area (Å²) in [5.41, 5.74) is 8.19. The quantitative estimate of drug-likeness (QED) is 0.0202. The molecule has 9 aromatic carbocycles. The number of ether oxygens (including phenoxy) is 16. The van der Waals surface area contributed by atoms with E-state index < -0.39 is 98.1 Å². The van der Waals surface area contributed by atoms with E-state index in [1.807, 2.05) is 279 Å². The van der Waals surface area contributed by atoms with Crippen LogP contribution < -0.4 is 0 Å². The second-order valence-corrected chi connectivity index (χ2v) is 26.3. The number of esters is 1. The van der Waals surface area contributed by atoms with Crippen LogP contribution in [-0.4, -0.2) is 125 Å². The second-order valence-electron chi connectivity index (χ2n) is 26.3. The zero-order valence-electron chi connectivity index (χ0n) is 59.5. The molecule has 0 aromatic heterocycles. The molecule has 0 aliphatic carbocycles. The van der Waals surface area contributed by atoms with Gasteiger partial charge in [-0.05, 0) is 62.9 Å². The van der Waals surface area contributed by atoms with E-state index in [-0.39, 0.29) is 79.3 Å². The van der Waals surface area contributed by atoms with Crippen LogP contribution in [0.2, 0.25) is 0 Å². The minimum Gasteiger partial charge on any atom is -0.454 e. The van der Waals surface area contributed by atoms with Gasteiger partial charge in [-0.15, -0.1) is 6.58 Å². The molecule has 9 aromatic rings. The Kier molecular flexibility index (Phi) is 30.1. The van der Waals surface area contributed by atoms with Crippen molar-refractivity contribution in [2.75, 3.05) is 26.4 Å². The molecule has 0 amide bonds. The smallest absolute Gasteiger partial charge is 0.303 e. The van der Waals surface area contributed by atoms with Gasteiger partial charge in [-0.25, -0.2) is 0 Å². The molecule has 15 atom stereocenters. The number of hydrogen-bond donors (Lipinski definition) is 0. The van der Waals surface area contributed by atoms with E-state index in [0.717, 1.165) is 50.1 Å². The maximum absolute atomic E-state index is 14.1. The van der Waals surface area contributed by atoms with Crippen LogP contribution in [0.5, 0.6) is 0 Å². The van der Waals surface area contributed by atoms with Crippen molar-refractivity contribution in [2.45, 2.75) is 171 Å². The first kappa shape index (κ1) is 76.2. The van der Waals surface area contributed by atoms with Crippen molar-refractivity contribution >= 4 is 5.97 Å². The fourth-order valence-corrected chi connectivity index (χ4v) is 13.1. The summed E-state index contributed by atoms with van der Waals surface area (Å²) in [7, 11) is 0. The summed E-state index contributed by atoms with van der Waals surface area (Å²) < 4.78 is 115. The largest absolute Gasteiger partial charge is 0.454 e. The highest BCUT2D eigenvalue weighted by atomic mass is 16.8. The van der Waals surface area contributed by atoms with Gasteiger partial charge in [0, 0.05) is 6.92 Å². The zero-order chi connectivity index (χ0) is 71.9. The lowest BCUT2D eigenvalue weighted by Crippen LogP contribution is -2.68. The first-order valence-corrected chi connectivity index (χ1v) is 36.3. The molecule has 0 radical (unpaired) electrons. The Balaban J connectivity index is 1.00. The van der Waals surface area contributed by atoms with Gasteiger partial charge < -0.3 is 75.8 Å². The summed E-state index contributed by atoms with van der Waals surface area (Å²) >= 11 is 0. The lowest BCUT2D eigenvalue weighted by atomic mass is 9.95. The highest BCUT2D eigenvalue weighted by Crippen LogP contribution is 2.40. The molecule has 3 saturated heterocycles. The first-order chi connectivity index (χ1) is 51.9. The Morgan fingerprint density at radius 3 is 0.819 bits per heavy atom. The fraction of sp³-hybridized carbons (Fsp3) is 0.352. The average Bonchev–Trinajstić information content (AvgIpc) is 0.761. The third-order valence-corrected chi connectivity index (χ3v) is 18.4. The van der Waals surface area contributed by atoms with Crippen LogP contribution in [0.3, 0.4) is 0 Å². The summed E-state index contributed by atoms with van der Waals surface area (Å²) in [4.78, 5) is 14.1. The van der Waals surface area contributed by atoms with Crippen LogP contribution in [0.15, 0.2) is 286 Å². The maximum Gasteiger partial charge on any atom is 0.303 e. The van der Waals surface area contributed by atoms with Gasteiger partial charge in [0.05, 0.1) is 85.9 Å². The van der Waals surface area contributed by atoms with Gasteiger partial charge in [0.25, 0.3) is 0 Å². The van der Waals surface area contributed by atoms with Gasteiger partial charge in [-0.2, -0.15) is 0 Å². The van der Waals surface area contributed by atoms with Gasteiger partial charge >= 0.3 is 5.97 Å². The molecule has 17 nitrogen and oxygen atoms in total. The van der Waals surface area contributed by atoms with E-state index >= 15 is 0 Å². The van der Waals surface area contributed by atoms with E-state index in [0.29, 0.717) is 19.4 Å². The summed E-state index contributed by atoms with van der Waals surface area (Å²) in [6, 6.07) is 89.0. The Labute approximate surface area is 617 Å². The molecule has 0 N–H and O–H groups in total. The topological polar surface area (TPSA) is 165 Å². The summed E-state index contributed by atoms with van der Waals surface area (Å²) in [6.07, 6.45) is -13.6. The Bertz CT molecular complexity index is 3860. The molecule has 3 aliphatic heterocycles. The molecule has 3 fully saturated rings. The molecule has 6 unspecified atom stereocenters. The molecule has 12 rings (SSSR count). The molecule has 105 heavy (non-hydrogen) atoms. The van der Waals surface area contributed by atoms with Crippen LogP contribution in [0.25, 0.3) is 0 Å². The molecule has 0 saturated carbocycles. The van der Waals surface area contributed by atoms with Crippen molar-refractivity contribution in [2.24, 2.45) is 0 Å². The highest BCUT2D eigenvalue weighted by Gasteiger charge is 2.58. The Hall–Kier alpha value is -8.41. The lowest BCUT2D eigenvalue weighted by Gasteiger charge is -2.52. The predicted molar refractivity (Wildman–Crippen MR) is 395 cm³/mol. The van der Waals surface area contributed by atoms with Gasteiger partial charge in [-0.3, -0.25) is 4.79 Å². The third kappa shape index (κ3) is 23.3. The van der Waals surface area contributed by atoms with Crippen molar-refractivity contribution in [3.8, 4) is 0 Å². The fourth-order valence-electron chi connectivity index (χ4n) is 13.1. The Morgan fingerprint density at radius 1 is 0.305 bits per heavy atom. The molecule has 3 heterocycles.